The van der Waals surface area contributed by atoms with Gasteiger partial charge in [-0.25, -0.2) is 0 Å². The van der Waals surface area contributed by atoms with E-state index < -0.39 is 36.8 Å². The van der Waals surface area contributed by atoms with E-state index in [9.17, 15) is 30.3 Å². The molecule has 32 heavy (non-hydrogen) atoms. The number of hydrogen-bond donors (Lipinski definition) is 5. The molecule has 2 aliphatic heterocycles. The monoisotopic (exact) mass is 448 g/mol. The van der Waals surface area contributed by atoms with E-state index in [1.54, 1.807) is 12.1 Å². The maximum Gasteiger partial charge on any atom is 0.229 e. The summed E-state index contributed by atoms with van der Waals surface area (Å²) >= 11 is 0. The van der Waals surface area contributed by atoms with Crippen molar-refractivity contribution in [1.29, 1.82) is 0 Å². The molecule has 10 nitrogen and oxygen atoms in total. The minimum atomic E-state index is -1.54. The number of phenolic OH excluding ortho intramolecular Hbond substituents is 2. The van der Waals surface area contributed by atoms with Gasteiger partial charge >= 0.3 is 0 Å². The van der Waals surface area contributed by atoms with Crippen molar-refractivity contribution in [3.05, 3.63) is 41.5 Å². The standard InChI is InChI=1S/C22H24O10/c1-9-19(26)20(27)21(28)22(30-9)31-11-6-13(24)18-14(25)8-16(32-17(18)7-11)10-3-4-15(29-2)12(23)5-10/h3-7,9,16,19-24,26-28H,8H2,1-2H3/t9?,16?,19-,20?,21?,22+/m1/s1. The van der Waals surface area contributed by atoms with Gasteiger partial charge in [0.2, 0.25) is 6.29 Å². The second-order valence-corrected chi connectivity index (χ2v) is 7.78. The largest absolute Gasteiger partial charge is 0.507 e. The molecule has 10 heteroatoms. The van der Waals surface area contributed by atoms with Gasteiger partial charge in [-0.05, 0) is 24.6 Å². The van der Waals surface area contributed by atoms with Crippen LogP contribution >= 0.6 is 0 Å². The van der Waals surface area contributed by atoms with E-state index in [1.165, 1.54) is 32.2 Å². The van der Waals surface area contributed by atoms with Gasteiger partial charge < -0.3 is 44.5 Å². The molecule has 2 heterocycles. The molecular formula is C22H24O10. The number of methoxy groups -OCH3 is 1. The zero-order chi connectivity index (χ0) is 23.2. The average Bonchev–Trinajstić information content (AvgIpc) is 2.75. The Labute approximate surface area is 183 Å². The van der Waals surface area contributed by atoms with Gasteiger partial charge in [0.15, 0.2) is 17.3 Å². The third-order valence-electron chi connectivity index (χ3n) is 5.61. The number of ketones is 1. The summed E-state index contributed by atoms with van der Waals surface area (Å²) in [5, 5.41) is 50.3. The van der Waals surface area contributed by atoms with E-state index in [0.29, 0.717) is 5.56 Å². The minimum Gasteiger partial charge on any atom is -0.507 e. The van der Waals surface area contributed by atoms with Crippen molar-refractivity contribution in [1.82, 2.24) is 0 Å². The maximum absolute atomic E-state index is 12.7. The van der Waals surface area contributed by atoms with Crippen LogP contribution < -0.4 is 14.2 Å². The van der Waals surface area contributed by atoms with Crippen molar-refractivity contribution in [3.63, 3.8) is 0 Å². The highest BCUT2D eigenvalue weighted by atomic mass is 16.7. The number of ether oxygens (including phenoxy) is 4. The summed E-state index contributed by atoms with van der Waals surface area (Å²) in [6.07, 6.45) is -7.24. The first-order valence-electron chi connectivity index (χ1n) is 9.99. The molecule has 172 valence electrons. The Bertz CT molecular complexity index is 1020. The zero-order valence-electron chi connectivity index (χ0n) is 17.3. The molecule has 0 aromatic heterocycles. The molecule has 5 N–H and O–H groups in total. The molecule has 6 atom stereocenters. The highest BCUT2D eigenvalue weighted by molar-refractivity contribution is 6.02. The van der Waals surface area contributed by atoms with E-state index in [0.717, 1.165) is 0 Å². The van der Waals surface area contributed by atoms with Crippen molar-refractivity contribution in [3.8, 4) is 28.7 Å². The number of benzene rings is 2. The lowest BCUT2D eigenvalue weighted by molar-refractivity contribution is -0.268. The van der Waals surface area contributed by atoms with Crippen LogP contribution in [0.4, 0.5) is 0 Å². The number of phenols is 2. The Morgan fingerprint density at radius 1 is 1.00 bits per heavy atom. The third kappa shape index (κ3) is 3.93. The van der Waals surface area contributed by atoms with Crippen LogP contribution in [0.15, 0.2) is 30.3 Å². The van der Waals surface area contributed by atoms with Gasteiger partial charge in [-0.15, -0.1) is 0 Å². The fraction of sp³-hybridized carbons (Fsp3) is 0.409. The maximum atomic E-state index is 12.7. The number of carbonyl (C=O) groups excluding carboxylic acids is 1. The summed E-state index contributed by atoms with van der Waals surface area (Å²) in [4.78, 5) is 12.7. The number of aliphatic hydroxyl groups is 3. The molecular weight excluding hydrogens is 424 g/mol. The third-order valence-corrected chi connectivity index (χ3v) is 5.61. The Balaban J connectivity index is 1.60. The quantitative estimate of drug-likeness (QED) is 0.458. The predicted octanol–water partition coefficient (Wildman–Crippen LogP) is 1.02. The van der Waals surface area contributed by atoms with Gasteiger partial charge in [0.25, 0.3) is 0 Å². The van der Waals surface area contributed by atoms with Crippen LogP contribution in [0, 0.1) is 0 Å². The summed E-state index contributed by atoms with van der Waals surface area (Å²) in [5.74, 6) is -0.501. The molecule has 0 aliphatic carbocycles. The summed E-state index contributed by atoms with van der Waals surface area (Å²) in [5.41, 5.74) is 0.519. The van der Waals surface area contributed by atoms with Gasteiger partial charge in [-0.2, -0.15) is 0 Å². The van der Waals surface area contributed by atoms with Crippen LogP contribution in [0.2, 0.25) is 0 Å². The first-order valence-corrected chi connectivity index (χ1v) is 9.99. The lowest BCUT2D eigenvalue weighted by atomic mass is 9.95. The van der Waals surface area contributed by atoms with Crippen LogP contribution in [0.1, 0.15) is 35.4 Å². The van der Waals surface area contributed by atoms with Crippen molar-refractivity contribution in [2.45, 2.75) is 50.2 Å². The highest BCUT2D eigenvalue weighted by Gasteiger charge is 2.43. The second-order valence-electron chi connectivity index (χ2n) is 7.78. The van der Waals surface area contributed by atoms with Crippen molar-refractivity contribution >= 4 is 5.78 Å². The summed E-state index contributed by atoms with van der Waals surface area (Å²) in [6, 6.07) is 7.18. The van der Waals surface area contributed by atoms with E-state index in [4.69, 9.17) is 18.9 Å². The van der Waals surface area contributed by atoms with Gasteiger partial charge in [0, 0.05) is 12.1 Å². The average molecular weight is 448 g/mol. The number of carbonyl (C=O) groups is 1. The Kier molecular flexibility index (Phi) is 5.87. The fourth-order valence-electron chi connectivity index (χ4n) is 3.82. The fourth-order valence-corrected chi connectivity index (χ4v) is 3.82. The number of Topliss-reactive ketones (excluding diaryl/α,β-unsaturated/α-hetero) is 1. The number of fused-ring (bicyclic) bond motifs is 1. The van der Waals surface area contributed by atoms with Gasteiger partial charge in [0.1, 0.15) is 47.2 Å². The molecule has 0 amide bonds. The Morgan fingerprint density at radius 3 is 2.44 bits per heavy atom. The molecule has 0 spiro atoms. The molecule has 0 bridgehead atoms. The van der Waals surface area contributed by atoms with Crippen molar-refractivity contribution < 1.29 is 49.3 Å². The molecule has 0 radical (unpaired) electrons. The van der Waals surface area contributed by atoms with Crippen molar-refractivity contribution in [2.75, 3.05) is 7.11 Å². The first-order chi connectivity index (χ1) is 15.2. The molecule has 4 unspecified atom stereocenters. The molecule has 1 fully saturated rings. The molecule has 2 aromatic carbocycles. The SMILES string of the molecule is COc1ccc(C2CC(=O)c3c(O)cc(O[C@@H]4OC(C)[C@@H](O)C(O)C4O)cc3O2)cc1O. The number of hydrogen-bond acceptors (Lipinski definition) is 10. The summed E-state index contributed by atoms with van der Waals surface area (Å²) in [6.45, 7) is 1.51. The summed E-state index contributed by atoms with van der Waals surface area (Å²) < 4.78 is 21.9. The molecule has 2 aromatic rings. The van der Waals surface area contributed by atoms with Crippen LogP contribution in [0.5, 0.6) is 28.7 Å². The van der Waals surface area contributed by atoms with Crippen LogP contribution in [-0.2, 0) is 4.74 Å². The normalized spacial score (nSPS) is 29.7. The van der Waals surface area contributed by atoms with E-state index in [1.807, 2.05) is 0 Å². The highest BCUT2D eigenvalue weighted by Crippen LogP contribution is 2.43. The molecule has 2 aliphatic rings. The Morgan fingerprint density at radius 2 is 1.75 bits per heavy atom. The van der Waals surface area contributed by atoms with E-state index in [-0.39, 0.29) is 46.5 Å². The van der Waals surface area contributed by atoms with Crippen LogP contribution in [0.3, 0.4) is 0 Å². The number of aromatic hydroxyl groups is 2. The first kappa shape index (κ1) is 22.2. The lowest BCUT2D eigenvalue weighted by Crippen LogP contribution is -2.58. The molecule has 0 saturated carbocycles. The lowest BCUT2D eigenvalue weighted by Gasteiger charge is -2.39. The second kappa shape index (κ2) is 8.47. The van der Waals surface area contributed by atoms with Crippen LogP contribution in [-0.4, -0.2) is 69.1 Å². The number of aliphatic hydroxyl groups excluding tert-OH is 3. The topological polar surface area (TPSA) is 155 Å². The van der Waals surface area contributed by atoms with E-state index in [2.05, 4.69) is 0 Å². The predicted molar refractivity (Wildman–Crippen MR) is 108 cm³/mol. The smallest absolute Gasteiger partial charge is 0.229 e. The zero-order valence-corrected chi connectivity index (χ0v) is 17.3. The Hall–Kier alpha value is -3.05. The minimum absolute atomic E-state index is 0.0136. The van der Waals surface area contributed by atoms with Gasteiger partial charge in [-0.3, -0.25) is 4.79 Å². The molecule has 4 rings (SSSR count). The van der Waals surface area contributed by atoms with Gasteiger partial charge in [-0.1, -0.05) is 6.07 Å². The summed E-state index contributed by atoms with van der Waals surface area (Å²) in [7, 11) is 1.42. The van der Waals surface area contributed by atoms with Gasteiger partial charge in [0.05, 0.1) is 19.6 Å². The van der Waals surface area contributed by atoms with Crippen molar-refractivity contribution in [2.24, 2.45) is 0 Å². The molecule has 1 saturated heterocycles. The van der Waals surface area contributed by atoms with Crippen LogP contribution in [0.25, 0.3) is 0 Å². The van der Waals surface area contributed by atoms with E-state index >= 15 is 0 Å². The number of rotatable bonds is 4.